The maximum Gasteiger partial charge on any atom is 0.267 e. The van der Waals surface area contributed by atoms with Gasteiger partial charge in [0.05, 0.1) is 36.2 Å². The molecule has 1 amide bonds. The second-order valence-electron chi connectivity index (χ2n) is 8.34. The van der Waals surface area contributed by atoms with Gasteiger partial charge in [-0.2, -0.15) is 0 Å². The fraction of sp³-hybridized carbons (Fsp3) is 0.208. The van der Waals surface area contributed by atoms with Crippen LogP contribution in [-0.2, 0) is 24.8 Å². The highest BCUT2D eigenvalue weighted by Gasteiger charge is 2.35. The summed E-state index contributed by atoms with van der Waals surface area (Å²) in [5.74, 6) is -0.0367. The van der Waals surface area contributed by atoms with Crippen LogP contribution < -0.4 is 23.8 Å². The van der Waals surface area contributed by atoms with Crippen molar-refractivity contribution in [2.24, 2.45) is 0 Å². The minimum absolute atomic E-state index is 0.0305. The highest BCUT2D eigenvalue weighted by atomic mass is 35.5. The smallest absolute Gasteiger partial charge is 0.267 e. The number of hydrogen-bond donors (Lipinski definition) is 2. The number of benzene rings is 3. The van der Waals surface area contributed by atoms with Crippen molar-refractivity contribution in [2.45, 2.75) is 17.9 Å². The average Bonchev–Trinajstić information content (AvgIpc) is 2.83. The quantitative estimate of drug-likeness (QED) is 0.447. The summed E-state index contributed by atoms with van der Waals surface area (Å²) < 4.78 is 65.0. The molecule has 0 bridgehead atoms. The first kappa shape index (κ1) is 26.6. The summed E-state index contributed by atoms with van der Waals surface area (Å²) in [5, 5.41) is 2.96. The Bertz CT molecular complexity index is 1560. The van der Waals surface area contributed by atoms with Crippen molar-refractivity contribution in [1.29, 1.82) is 0 Å². The molecule has 0 saturated heterocycles. The van der Waals surface area contributed by atoms with Gasteiger partial charge in [-0.05, 0) is 67.1 Å². The predicted molar refractivity (Wildman–Crippen MR) is 142 cm³/mol. The molecule has 2 N–H and O–H groups in total. The molecule has 1 heterocycles. The van der Waals surface area contributed by atoms with Crippen LogP contribution in [0, 0.1) is 6.92 Å². The zero-order valence-corrected chi connectivity index (χ0v) is 22.4. The van der Waals surface area contributed by atoms with Crippen molar-refractivity contribution in [3.63, 3.8) is 0 Å². The molecule has 0 aliphatic carbocycles. The number of aryl methyl sites for hydroxylation is 1. The van der Waals surface area contributed by atoms with Gasteiger partial charge in [0.2, 0.25) is 10.0 Å². The topological polar surface area (TPSA) is 131 Å². The Balaban J connectivity index is 1.50. The highest BCUT2D eigenvalue weighted by Crippen LogP contribution is 2.37. The number of ether oxygens (including phenoxy) is 2. The van der Waals surface area contributed by atoms with Gasteiger partial charge in [-0.15, -0.1) is 0 Å². The van der Waals surface area contributed by atoms with Gasteiger partial charge in [0, 0.05) is 10.7 Å². The van der Waals surface area contributed by atoms with Gasteiger partial charge in [-0.3, -0.25) is 13.8 Å². The molecule has 1 aliphatic heterocycles. The molecule has 3 aromatic rings. The largest absolute Gasteiger partial charge is 0.495 e. The molecule has 0 radical (unpaired) electrons. The van der Waals surface area contributed by atoms with Gasteiger partial charge in [0.15, 0.2) is 6.10 Å². The molecule has 3 aromatic carbocycles. The highest BCUT2D eigenvalue weighted by molar-refractivity contribution is 7.92. The molecule has 0 fully saturated rings. The first-order valence-corrected chi connectivity index (χ1v) is 14.6. The minimum Gasteiger partial charge on any atom is -0.495 e. The third kappa shape index (κ3) is 5.92. The number of methoxy groups -OCH3 is 1. The number of carbonyl (C=O) groups is 1. The van der Waals surface area contributed by atoms with Crippen LogP contribution in [0.4, 0.5) is 17.1 Å². The van der Waals surface area contributed by atoms with Crippen molar-refractivity contribution in [2.75, 3.05) is 34.3 Å². The summed E-state index contributed by atoms with van der Waals surface area (Å²) >= 11 is 6.00. The molecule has 0 spiro atoms. The summed E-state index contributed by atoms with van der Waals surface area (Å²) in [6.07, 6.45) is -0.125. The van der Waals surface area contributed by atoms with Crippen molar-refractivity contribution < 1.29 is 31.1 Å². The van der Waals surface area contributed by atoms with E-state index in [1.165, 1.54) is 49.6 Å². The Morgan fingerprint density at radius 2 is 1.76 bits per heavy atom. The second-order valence-corrected chi connectivity index (χ2v) is 12.4. The van der Waals surface area contributed by atoms with E-state index < -0.39 is 32.1 Å². The molecule has 196 valence electrons. The minimum atomic E-state index is -3.94. The van der Waals surface area contributed by atoms with E-state index in [0.29, 0.717) is 22.1 Å². The normalized spacial score (nSPS) is 15.4. The lowest BCUT2D eigenvalue weighted by Gasteiger charge is -2.34. The lowest BCUT2D eigenvalue weighted by molar-refractivity contribution is -0.122. The van der Waals surface area contributed by atoms with Crippen LogP contribution in [0.3, 0.4) is 0 Å². The molecule has 13 heteroatoms. The molecule has 1 aliphatic rings. The molecule has 0 saturated carbocycles. The number of sulfonamides is 2. The summed E-state index contributed by atoms with van der Waals surface area (Å²) in [6, 6.07) is 15.1. The Kier molecular flexibility index (Phi) is 7.27. The summed E-state index contributed by atoms with van der Waals surface area (Å²) in [4.78, 5) is 12.9. The molecular weight excluding hydrogens is 542 g/mol. The summed E-state index contributed by atoms with van der Waals surface area (Å²) in [6.45, 7) is 1.57. The number of amides is 1. The van der Waals surface area contributed by atoms with Crippen LogP contribution in [0.5, 0.6) is 11.5 Å². The second kappa shape index (κ2) is 10.1. The van der Waals surface area contributed by atoms with E-state index in [2.05, 4.69) is 10.0 Å². The van der Waals surface area contributed by atoms with Crippen molar-refractivity contribution in [1.82, 2.24) is 0 Å². The van der Waals surface area contributed by atoms with Crippen LogP contribution in [0.1, 0.15) is 5.56 Å². The number of nitrogens with zero attached hydrogens (tertiary/aromatic N) is 1. The Morgan fingerprint density at radius 3 is 2.41 bits per heavy atom. The number of nitrogens with one attached hydrogen (secondary N) is 2. The molecule has 37 heavy (non-hydrogen) atoms. The van der Waals surface area contributed by atoms with Gasteiger partial charge >= 0.3 is 0 Å². The molecule has 4 rings (SSSR count). The van der Waals surface area contributed by atoms with Crippen LogP contribution in [-0.4, -0.2) is 48.8 Å². The van der Waals surface area contributed by atoms with Gasteiger partial charge in [0.1, 0.15) is 11.5 Å². The number of hydrogen-bond acceptors (Lipinski definition) is 7. The first-order chi connectivity index (χ1) is 17.4. The zero-order chi connectivity index (χ0) is 27.0. The van der Waals surface area contributed by atoms with E-state index in [1.807, 2.05) is 6.92 Å². The summed E-state index contributed by atoms with van der Waals surface area (Å²) in [5.41, 5.74) is 1.69. The molecule has 0 aromatic heterocycles. The Hall–Kier alpha value is -3.48. The van der Waals surface area contributed by atoms with E-state index in [1.54, 1.807) is 18.2 Å². The van der Waals surface area contributed by atoms with Gasteiger partial charge < -0.3 is 14.8 Å². The Labute approximate surface area is 220 Å². The number of anilines is 3. The first-order valence-electron chi connectivity index (χ1n) is 10.9. The standard InChI is InChI=1S/C24H24ClN3O7S2/c1-15-4-10-21(34-2)19(12-15)27-37(32,33)18-8-6-17(7-9-18)26-24(29)23-14-28(36(3,30)31)20-13-16(25)5-11-22(20)35-23/h4-13,23,27H,14H2,1-3H3,(H,26,29)/t23-/m0/s1. The third-order valence-corrected chi connectivity index (χ3v) is 8.28. The van der Waals surface area contributed by atoms with Crippen molar-refractivity contribution in [3.05, 3.63) is 71.2 Å². The van der Waals surface area contributed by atoms with E-state index in [4.69, 9.17) is 21.1 Å². The van der Waals surface area contributed by atoms with Gasteiger partial charge in [-0.25, -0.2) is 16.8 Å². The van der Waals surface area contributed by atoms with Crippen LogP contribution in [0.15, 0.2) is 65.6 Å². The molecule has 10 nitrogen and oxygen atoms in total. The maximum absolute atomic E-state index is 12.9. The molecule has 1 atom stereocenters. The van der Waals surface area contributed by atoms with Crippen LogP contribution >= 0.6 is 11.6 Å². The van der Waals surface area contributed by atoms with E-state index in [0.717, 1.165) is 16.1 Å². The number of carbonyl (C=O) groups excluding carboxylic acids is 1. The van der Waals surface area contributed by atoms with E-state index >= 15 is 0 Å². The molecule has 0 unspecified atom stereocenters. The van der Waals surface area contributed by atoms with Crippen LogP contribution in [0.2, 0.25) is 5.02 Å². The van der Waals surface area contributed by atoms with E-state index in [9.17, 15) is 21.6 Å². The van der Waals surface area contributed by atoms with Crippen LogP contribution in [0.25, 0.3) is 0 Å². The Morgan fingerprint density at radius 1 is 1.05 bits per heavy atom. The number of fused-ring (bicyclic) bond motifs is 1. The van der Waals surface area contributed by atoms with Gasteiger partial charge in [0.25, 0.3) is 15.9 Å². The molecular formula is C24H24ClN3O7S2. The predicted octanol–water partition coefficient (Wildman–Crippen LogP) is 3.62. The lowest BCUT2D eigenvalue weighted by Crippen LogP contribution is -2.48. The average molecular weight is 566 g/mol. The third-order valence-electron chi connectivity index (χ3n) is 5.51. The zero-order valence-electron chi connectivity index (χ0n) is 20.1. The lowest BCUT2D eigenvalue weighted by atomic mass is 10.2. The fourth-order valence-electron chi connectivity index (χ4n) is 3.72. The van der Waals surface area contributed by atoms with Crippen molar-refractivity contribution in [3.8, 4) is 11.5 Å². The van der Waals surface area contributed by atoms with Gasteiger partial charge in [-0.1, -0.05) is 17.7 Å². The SMILES string of the molecule is COc1ccc(C)cc1NS(=O)(=O)c1ccc(NC(=O)[C@@H]2CN(S(C)(=O)=O)c3cc(Cl)ccc3O2)cc1. The number of halogens is 1. The monoisotopic (exact) mass is 565 g/mol. The fourth-order valence-corrected chi connectivity index (χ4v) is 5.85. The van der Waals surface area contributed by atoms with Crippen molar-refractivity contribution >= 4 is 54.6 Å². The maximum atomic E-state index is 12.9. The summed E-state index contributed by atoms with van der Waals surface area (Å²) in [7, 11) is -6.22. The van der Waals surface area contributed by atoms with E-state index in [-0.39, 0.29) is 22.9 Å². The number of rotatable bonds is 7.